The summed E-state index contributed by atoms with van der Waals surface area (Å²) in [4.78, 5) is 10.6. The molecule has 3 heterocycles. The third kappa shape index (κ3) is 4.74. The first-order valence-corrected chi connectivity index (χ1v) is 10.2. The summed E-state index contributed by atoms with van der Waals surface area (Å²) in [7, 11) is 0. The van der Waals surface area contributed by atoms with Crippen molar-refractivity contribution in [3.8, 4) is 0 Å². The molecule has 4 heteroatoms. The second-order valence-corrected chi connectivity index (χ2v) is 8.17. The van der Waals surface area contributed by atoms with E-state index >= 15 is 0 Å². The highest BCUT2D eigenvalue weighted by molar-refractivity contribution is 4.93. The summed E-state index contributed by atoms with van der Waals surface area (Å²) in [6.07, 6.45) is 5.46. The minimum atomic E-state index is 0.815. The van der Waals surface area contributed by atoms with Crippen LogP contribution in [0.5, 0.6) is 0 Å². The number of piperidine rings is 2. The maximum Gasteiger partial charge on any atom is 0.0189 e. The van der Waals surface area contributed by atoms with Crippen molar-refractivity contribution in [2.45, 2.75) is 45.6 Å². The van der Waals surface area contributed by atoms with Crippen molar-refractivity contribution < 1.29 is 0 Å². The van der Waals surface area contributed by atoms with Crippen molar-refractivity contribution in [2.75, 3.05) is 65.4 Å². The highest BCUT2D eigenvalue weighted by atomic mass is 15.3. The molecule has 0 radical (unpaired) electrons. The zero-order valence-electron chi connectivity index (χ0n) is 16.1. The van der Waals surface area contributed by atoms with Crippen molar-refractivity contribution in [1.82, 2.24) is 19.6 Å². The van der Waals surface area contributed by atoms with Gasteiger partial charge in [0.15, 0.2) is 0 Å². The van der Waals surface area contributed by atoms with Gasteiger partial charge in [0.25, 0.3) is 0 Å². The number of nitrogens with zero attached hydrogens (tertiary/aromatic N) is 4. The molecule has 0 atom stereocenters. The Balaban J connectivity index is 1.35. The Kier molecular flexibility index (Phi) is 6.59. The first kappa shape index (κ1) is 18.2. The van der Waals surface area contributed by atoms with Crippen LogP contribution in [-0.4, -0.2) is 91.1 Å². The van der Waals surface area contributed by atoms with Gasteiger partial charge in [0.1, 0.15) is 0 Å². The molecule has 0 unspecified atom stereocenters. The van der Waals surface area contributed by atoms with Crippen LogP contribution in [0.15, 0.2) is 12.3 Å². The van der Waals surface area contributed by atoms with Gasteiger partial charge in [0, 0.05) is 57.6 Å². The summed E-state index contributed by atoms with van der Waals surface area (Å²) >= 11 is 0. The molecule has 4 nitrogen and oxygen atoms in total. The van der Waals surface area contributed by atoms with Gasteiger partial charge >= 0.3 is 0 Å². The average Bonchev–Trinajstić information content (AvgIpc) is 2.63. The molecule has 0 aromatic rings. The van der Waals surface area contributed by atoms with Crippen molar-refractivity contribution >= 4 is 0 Å². The number of likely N-dealkylation sites (tertiary alicyclic amines) is 2. The zero-order valence-corrected chi connectivity index (χ0v) is 16.1. The molecule has 3 rings (SSSR count). The van der Waals surface area contributed by atoms with Crippen molar-refractivity contribution in [1.29, 1.82) is 0 Å². The predicted octanol–water partition coefficient (Wildman–Crippen LogP) is 2.33. The number of allylic oxidation sites excluding steroid dienone is 1. The summed E-state index contributed by atoms with van der Waals surface area (Å²) in [5.74, 6) is 0.943. The van der Waals surface area contributed by atoms with Crippen LogP contribution < -0.4 is 0 Å². The van der Waals surface area contributed by atoms with Crippen molar-refractivity contribution in [3.05, 3.63) is 12.3 Å². The van der Waals surface area contributed by atoms with Gasteiger partial charge in [-0.15, -0.1) is 0 Å². The van der Waals surface area contributed by atoms with E-state index in [0.29, 0.717) is 0 Å². The summed E-state index contributed by atoms with van der Waals surface area (Å²) in [6, 6.07) is 0.815. The van der Waals surface area contributed by atoms with Crippen LogP contribution >= 0.6 is 0 Å². The topological polar surface area (TPSA) is 13.0 Å². The molecule has 24 heavy (non-hydrogen) atoms. The maximum absolute atomic E-state index is 4.09. The Labute approximate surface area is 149 Å². The molecule has 0 aromatic carbocycles. The first-order valence-electron chi connectivity index (χ1n) is 10.2. The lowest BCUT2D eigenvalue weighted by atomic mass is 9.95. The van der Waals surface area contributed by atoms with Crippen molar-refractivity contribution in [2.24, 2.45) is 5.92 Å². The Bertz CT molecular complexity index is 386. The molecular weight excluding hydrogens is 296 g/mol. The Morgan fingerprint density at radius 2 is 1.46 bits per heavy atom. The van der Waals surface area contributed by atoms with E-state index in [9.17, 15) is 0 Å². The van der Waals surface area contributed by atoms with Gasteiger partial charge in [-0.3, -0.25) is 4.90 Å². The van der Waals surface area contributed by atoms with E-state index in [1.807, 2.05) is 0 Å². The van der Waals surface area contributed by atoms with E-state index in [0.717, 1.165) is 12.0 Å². The van der Waals surface area contributed by atoms with E-state index in [-0.39, 0.29) is 0 Å². The van der Waals surface area contributed by atoms with Crippen LogP contribution in [0, 0.1) is 5.92 Å². The molecule has 0 aliphatic carbocycles. The molecule has 3 fully saturated rings. The molecule has 0 amide bonds. The minimum Gasteiger partial charge on any atom is -0.375 e. The average molecular weight is 335 g/mol. The Hall–Kier alpha value is -0.580. The van der Waals surface area contributed by atoms with E-state index in [1.165, 1.54) is 96.8 Å². The van der Waals surface area contributed by atoms with Gasteiger partial charge in [0.2, 0.25) is 0 Å². The molecule has 3 saturated heterocycles. The fraction of sp³-hybridized carbons (Fsp3) is 0.900. The molecule has 0 N–H and O–H groups in total. The largest absolute Gasteiger partial charge is 0.375 e. The Morgan fingerprint density at radius 1 is 0.833 bits per heavy atom. The lowest BCUT2D eigenvalue weighted by Gasteiger charge is -2.44. The molecule has 0 saturated carbocycles. The molecule has 3 aliphatic heterocycles. The van der Waals surface area contributed by atoms with E-state index < -0.39 is 0 Å². The molecule has 0 spiro atoms. The quantitative estimate of drug-likeness (QED) is 0.765. The predicted molar refractivity (Wildman–Crippen MR) is 102 cm³/mol. The van der Waals surface area contributed by atoms with Gasteiger partial charge < -0.3 is 14.7 Å². The summed E-state index contributed by atoms with van der Waals surface area (Å²) in [6.45, 7) is 21.3. The van der Waals surface area contributed by atoms with Crippen LogP contribution in [0.3, 0.4) is 0 Å². The van der Waals surface area contributed by atoms with E-state index in [2.05, 4.69) is 40.0 Å². The molecule has 3 aliphatic rings. The van der Waals surface area contributed by atoms with Gasteiger partial charge in [-0.25, -0.2) is 0 Å². The lowest BCUT2D eigenvalue weighted by Crippen LogP contribution is -2.54. The normalized spacial score (nSPS) is 26.8. The van der Waals surface area contributed by atoms with Crippen LogP contribution in [0.4, 0.5) is 0 Å². The summed E-state index contributed by atoms with van der Waals surface area (Å²) < 4.78 is 0. The molecule has 0 aromatic heterocycles. The summed E-state index contributed by atoms with van der Waals surface area (Å²) in [5.41, 5.74) is 1.24. The number of piperazine rings is 1. The number of hydrogen-bond acceptors (Lipinski definition) is 4. The second-order valence-electron chi connectivity index (χ2n) is 8.17. The summed E-state index contributed by atoms with van der Waals surface area (Å²) in [5, 5.41) is 0. The van der Waals surface area contributed by atoms with Crippen LogP contribution in [-0.2, 0) is 0 Å². The highest BCUT2D eigenvalue weighted by Crippen LogP contribution is 2.22. The van der Waals surface area contributed by atoms with Crippen LogP contribution in [0.2, 0.25) is 0 Å². The maximum atomic E-state index is 4.09. The van der Waals surface area contributed by atoms with Crippen LogP contribution in [0.25, 0.3) is 0 Å². The van der Waals surface area contributed by atoms with E-state index in [1.54, 1.807) is 0 Å². The monoisotopic (exact) mass is 334 g/mol. The smallest absolute Gasteiger partial charge is 0.0189 e. The van der Waals surface area contributed by atoms with E-state index in [4.69, 9.17) is 0 Å². The van der Waals surface area contributed by atoms with Gasteiger partial charge in [0.05, 0.1) is 0 Å². The fourth-order valence-corrected chi connectivity index (χ4v) is 4.77. The number of rotatable bonds is 5. The standard InChI is InChI=1S/C20H38N4/c1-4-21-9-5-19(6-10-21)17-22-13-15-24(16-14-22)20-7-11-23(12-8-20)18(2)3/h19-20H,2,4-17H2,1,3H3. The molecular formula is C20H38N4. The SMILES string of the molecule is C=C(C)N1CCC(N2CCN(CC3CCN(CC)CC3)CC2)CC1. The van der Waals surface area contributed by atoms with Gasteiger partial charge in [-0.1, -0.05) is 13.5 Å². The molecule has 138 valence electrons. The zero-order chi connectivity index (χ0) is 16.9. The van der Waals surface area contributed by atoms with Crippen LogP contribution in [0.1, 0.15) is 39.5 Å². The lowest BCUT2D eigenvalue weighted by molar-refractivity contribution is 0.0528. The van der Waals surface area contributed by atoms with Gasteiger partial charge in [-0.05, 0) is 58.2 Å². The van der Waals surface area contributed by atoms with Crippen molar-refractivity contribution in [3.63, 3.8) is 0 Å². The molecule has 0 bridgehead atoms. The number of hydrogen-bond donors (Lipinski definition) is 0. The second kappa shape index (κ2) is 8.68. The van der Waals surface area contributed by atoms with Gasteiger partial charge in [-0.2, -0.15) is 0 Å². The highest BCUT2D eigenvalue weighted by Gasteiger charge is 2.28. The minimum absolute atomic E-state index is 0.815. The third-order valence-corrected chi connectivity index (χ3v) is 6.60. The third-order valence-electron chi connectivity index (χ3n) is 6.60. The fourth-order valence-electron chi connectivity index (χ4n) is 4.77. The first-order chi connectivity index (χ1) is 11.7. The Morgan fingerprint density at radius 3 is 2.00 bits per heavy atom.